The third-order valence-electron chi connectivity index (χ3n) is 5.21. The summed E-state index contributed by atoms with van der Waals surface area (Å²) in [5.41, 5.74) is 2.03. The number of rotatable bonds is 9. The highest BCUT2D eigenvalue weighted by Gasteiger charge is 2.35. The van der Waals surface area contributed by atoms with Gasteiger partial charge in [0.05, 0.1) is 10.8 Å². The molecule has 32 heavy (non-hydrogen) atoms. The van der Waals surface area contributed by atoms with Gasteiger partial charge in [-0.05, 0) is 55.3 Å². The van der Waals surface area contributed by atoms with Gasteiger partial charge < -0.3 is 15.0 Å². The third-order valence-corrected chi connectivity index (χ3v) is 7.10. The molecule has 172 valence electrons. The van der Waals surface area contributed by atoms with Crippen molar-refractivity contribution in [3.8, 4) is 0 Å². The molecule has 2 N–H and O–H groups in total. The molecule has 0 bridgehead atoms. The lowest BCUT2D eigenvalue weighted by Crippen LogP contribution is -2.28. The van der Waals surface area contributed by atoms with Gasteiger partial charge in [-0.1, -0.05) is 17.7 Å². The number of ether oxygens (including phenoxy) is 1. The van der Waals surface area contributed by atoms with Gasteiger partial charge in [-0.2, -0.15) is 0 Å². The minimum atomic E-state index is -3.63. The maximum Gasteiger partial charge on any atom is 0.240 e. The van der Waals surface area contributed by atoms with E-state index in [4.69, 9.17) is 16.3 Å². The predicted molar refractivity (Wildman–Crippen MR) is 123 cm³/mol. The van der Waals surface area contributed by atoms with Crippen LogP contribution in [0.15, 0.2) is 47.4 Å². The minimum Gasteiger partial charge on any atom is -0.385 e. The van der Waals surface area contributed by atoms with E-state index in [9.17, 15) is 18.0 Å². The second-order valence-corrected chi connectivity index (χ2v) is 9.77. The quantitative estimate of drug-likeness (QED) is 0.538. The van der Waals surface area contributed by atoms with Gasteiger partial charge in [-0.3, -0.25) is 9.59 Å². The molecule has 10 heteroatoms. The monoisotopic (exact) mass is 479 g/mol. The summed E-state index contributed by atoms with van der Waals surface area (Å²) in [7, 11) is -2.08. The number of methoxy groups -OCH3 is 1. The molecule has 1 heterocycles. The summed E-state index contributed by atoms with van der Waals surface area (Å²) in [4.78, 5) is 26.8. The van der Waals surface area contributed by atoms with Crippen LogP contribution in [0.1, 0.15) is 18.4 Å². The van der Waals surface area contributed by atoms with Crippen LogP contribution in [0.25, 0.3) is 0 Å². The number of sulfonamides is 1. The molecule has 1 saturated heterocycles. The number of nitrogens with zero attached hydrogens (tertiary/aromatic N) is 1. The van der Waals surface area contributed by atoms with Crippen LogP contribution < -0.4 is 14.9 Å². The highest BCUT2D eigenvalue weighted by Crippen LogP contribution is 2.29. The number of benzene rings is 2. The van der Waals surface area contributed by atoms with Crippen molar-refractivity contribution in [3.05, 3.63) is 53.1 Å². The SMILES string of the molecule is COCCCNS(=O)(=O)c1ccc(NC(=O)[C@@H]2CC(=O)N(c3ccc(C)c(Cl)c3)C2)cc1. The molecule has 0 aromatic heterocycles. The first-order chi connectivity index (χ1) is 15.2. The molecular formula is C22H26ClN3O5S. The van der Waals surface area contributed by atoms with E-state index >= 15 is 0 Å². The Morgan fingerprint density at radius 1 is 1.22 bits per heavy atom. The lowest BCUT2D eigenvalue weighted by atomic mass is 10.1. The molecule has 1 fully saturated rings. The van der Waals surface area contributed by atoms with Gasteiger partial charge in [0.1, 0.15) is 0 Å². The normalized spacial score (nSPS) is 16.4. The first kappa shape index (κ1) is 24.2. The molecule has 8 nitrogen and oxygen atoms in total. The second kappa shape index (κ2) is 10.4. The van der Waals surface area contributed by atoms with Crippen LogP contribution in [-0.4, -0.2) is 47.0 Å². The van der Waals surface area contributed by atoms with Crippen LogP contribution >= 0.6 is 11.6 Å². The van der Waals surface area contributed by atoms with E-state index < -0.39 is 15.9 Å². The number of carbonyl (C=O) groups is 2. The molecular weight excluding hydrogens is 454 g/mol. The molecule has 0 spiro atoms. The van der Waals surface area contributed by atoms with Crippen molar-refractivity contribution in [2.75, 3.05) is 37.0 Å². The fraction of sp³-hybridized carbons (Fsp3) is 0.364. The first-order valence-electron chi connectivity index (χ1n) is 10.2. The Hall–Kier alpha value is -2.46. The Morgan fingerprint density at radius 2 is 1.94 bits per heavy atom. The lowest BCUT2D eigenvalue weighted by molar-refractivity contribution is -0.122. The fourth-order valence-electron chi connectivity index (χ4n) is 3.35. The van der Waals surface area contributed by atoms with E-state index in [-0.39, 0.29) is 36.2 Å². The van der Waals surface area contributed by atoms with Gasteiger partial charge in [0, 0.05) is 49.6 Å². The van der Waals surface area contributed by atoms with E-state index in [0.29, 0.717) is 29.4 Å². The zero-order valence-corrected chi connectivity index (χ0v) is 19.5. The molecule has 2 aromatic carbocycles. The van der Waals surface area contributed by atoms with Crippen molar-refractivity contribution in [1.82, 2.24) is 4.72 Å². The molecule has 3 rings (SSSR count). The molecule has 0 aliphatic carbocycles. The molecule has 0 radical (unpaired) electrons. The molecule has 0 unspecified atom stereocenters. The van der Waals surface area contributed by atoms with Gasteiger partial charge in [0.15, 0.2) is 0 Å². The van der Waals surface area contributed by atoms with E-state index in [1.54, 1.807) is 18.1 Å². The molecule has 1 atom stereocenters. The fourth-order valence-corrected chi connectivity index (χ4v) is 4.60. The van der Waals surface area contributed by atoms with Gasteiger partial charge >= 0.3 is 0 Å². The number of aryl methyl sites for hydroxylation is 1. The standard InChI is InChI=1S/C22H26ClN3O5S/c1-15-4-7-18(13-20(15)23)26-14-16(12-21(26)27)22(28)25-17-5-8-19(9-6-17)32(29,30)24-10-3-11-31-2/h4-9,13,16,24H,3,10-12,14H2,1-2H3,(H,25,28)/t16-/m1/s1. The van der Waals surface area contributed by atoms with Crippen LogP contribution in [0.2, 0.25) is 5.02 Å². The molecule has 0 saturated carbocycles. The summed E-state index contributed by atoms with van der Waals surface area (Å²) in [6, 6.07) is 11.3. The number of nitrogens with one attached hydrogen (secondary N) is 2. The Kier molecular flexibility index (Phi) is 7.89. The number of hydrogen-bond donors (Lipinski definition) is 2. The summed E-state index contributed by atoms with van der Waals surface area (Å²) < 4.78 is 32.0. The summed E-state index contributed by atoms with van der Waals surface area (Å²) in [5.74, 6) is -0.966. The van der Waals surface area contributed by atoms with Crippen LogP contribution in [-0.2, 0) is 24.3 Å². The number of anilines is 2. The van der Waals surface area contributed by atoms with Gasteiger partial charge in [-0.15, -0.1) is 0 Å². The van der Waals surface area contributed by atoms with Gasteiger partial charge in [-0.25, -0.2) is 13.1 Å². The van der Waals surface area contributed by atoms with Crippen LogP contribution in [0.4, 0.5) is 11.4 Å². The Bertz CT molecular complexity index is 1090. The lowest BCUT2D eigenvalue weighted by Gasteiger charge is -2.17. The van der Waals surface area contributed by atoms with Crippen molar-refractivity contribution in [3.63, 3.8) is 0 Å². The van der Waals surface area contributed by atoms with Crippen LogP contribution in [0.5, 0.6) is 0 Å². The average Bonchev–Trinajstić information content (AvgIpc) is 3.15. The summed E-state index contributed by atoms with van der Waals surface area (Å²) >= 11 is 6.16. The van der Waals surface area contributed by atoms with Crippen LogP contribution in [0.3, 0.4) is 0 Å². The Balaban J connectivity index is 1.60. The van der Waals surface area contributed by atoms with E-state index in [1.807, 2.05) is 19.1 Å². The smallest absolute Gasteiger partial charge is 0.240 e. The van der Waals surface area contributed by atoms with Gasteiger partial charge in [0.2, 0.25) is 21.8 Å². The second-order valence-electron chi connectivity index (χ2n) is 7.60. The van der Waals surface area contributed by atoms with Crippen LogP contribution in [0, 0.1) is 12.8 Å². The van der Waals surface area contributed by atoms with E-state index in [1.165, 1.54) is 24.3 Å². The van der Waals surface area contributed by atoms with Crippen molar-refractivity contribution in [2.24, 2.45) is 5.92 Å². The summed E-state index contributed by atoms with van der Waals surface area (Å²) in [6.07, 6.45) is 0.658. The predicted octanol–water partition coefficient (Wildman–Crippen LogP) is 2.95. The summed E-state index contributed by atoms with van der Waals surface area (Å²) in [6.45, 7) is 2.86. The Morgan fingerprint density at radius 3 is 2.59 bits per heavy atom. The van der Waals surface area contributed by atoms with Crippen molar-refractivity contribution < 1.29 is 22.7 Å². The minimum absolute atomic E-state index is 0.0924. The van der Waals surface area contributed by atoms with Crippen molar-refractivity contribution in [1.29, 1.82) is 0 Å². The van der Waals surface area contributed by atoms with E-state index in [0.717, 1.165) is 5.56 Å². The summed E-state index contributed by atoms with van der Waals surface area (Å²) in [5, 5.41) is 3.32. The maximum atomic E-state index is 12.7. The number of amides is 2. The highest BCUT2D eigenvalue weighted by atomic mass is 35.5. The third kappa shape index (κ3) is 5.86. The zero-order chi connectivity index (χ0) is 23.3. The Labute approximate surface area is 192 Å². The molecule has 2 aromatic rings. The van der Waals surface area contributed by atoms with Crippen molar-refractivity contribution >= 4 is 44.8 Å². The molecule has 1 aliphatic heterocycles. The maximum absolute atomic E-state index is 12.7. The highest BCUT2D eigenvalue weighted by molar-refractivity contribution is 7.89. The molecule has 2 amide bonds. The number of hydrogen-bond acceptors (Lipinski definition) is 5. The first-order valence-corrected chi connectivity index (χ1v) is 12.0. The molecule has 1 aliphatic rings. The number of carbonyl (C=O) groups excluding carboxylic acids is 2. The largest absolute Gasteiger partial charge is 0.385 e. The van der Waals surface area contributed by atoms with E-state index in [2.05, 4.69) is 10.0 Å². The number of halogens is 1. The topological polar surface area (TPSA) is 105 Å². The average molecular weight is 480 g/mol. The van der Waals surface area contributed by atoms with Crippen molar-refractivity contribution in [2.45, 2.75) is 24.7 Å². The zero-order valence-electron chi connectivity index (χ0n) is 17.9. The van der Waals surface area contributed by atoms with Gasteiger partial charge in [0.25, 0.3) is 0 Å².